The molecule has 0 N–H and O–H groups in total. The normalized spacial score (nSPS) is 10.5. The van der Waals surface area contributed by atoms with Crippen molar-refractivity contribution in [2.24, 2.45) is 0 Å². The molecule has 2 nitrogen and oxygen atoms in total. The van der Waals surface area contributed by atoms with Crippen LogP contribution in [0.25, 0.3) is 10.9 Å². The van der Waals surface area contributed by atoms with Crippen LogP contribution in [-0.4, -0.2) is 9.97 Å². The van der Waals surface area contributed by atoms with E-state index >= 15 is 0 Å². The number of rotatable bonds is 0. The van der Waals surface area contributed by atoms with Crippen molar-refractivity contribution >= 4 is 10.9 Å². The Morgan fingerprint density at radius 3 is 2.83 bits per heavy atom. The summed E-state index contributed by atoms with van der Waals surface area (Å²) in [7, 11) is 0. The molecule has 1 aromatic carbocycles. The highest BCUT2D eigenvalue weighted by Crippen LogP contribution is 2.16. The second-order valence-corrected chi connectivity index (χ2v) is 3.04. The highest BCUT2D eigenvalue weighted by Gasteiger charge is 1.97. The molecular formula is C10H10N2. The topological polar surface area (TPSA) is 25.8 Å². The quantitative estimate of drug-likeness (QED) is 0.587. The van der Waals surface area contributed by atoms with Crippen LogP contribution >= 0.6 is 0 Å². The summed E-state index contributed by atoms with van der Waals surface area (Å²) in [5, 5.41) is 1.14. The van der Waals surface area contributed by atoms with Gasteiger partial charge in [-0.15, -0.1) is 0 Å². The molecule has 2 rings (SSSR count). The minimum atomic E-state index is 1.03. The lowest BCUT2D eigenvalue weighted by Crippen LogP contribution is -1.85. The number of fused-ring (bicyclic) bond motifs is 1. The first kappa shape index (κ1) is 7.22. The Balaban J connectivity index is 2.89. The Kier molecular flexibility index (Phi) is 1.54. The van der Waals surface area contributed by atoms with Crippen LogP contribution in [0.2, 0.25) is 0 Å². The Labute approximate surface area is 71.3 Å². The number of hydrogen-bond donors (Lipinski definition) is 0. The van der Waals surface area contributed by atoms with Crippen molar-refractivity contribution in [3.05, 3.63) is 35.8 Å². The molecule has 0 saturated heterocycles. The Hall–Kier alpha value is -1.44. The zero-order valence-corrected chi connectivity index (χ0v) is 7.20. The van der Waals surface area contributed by atoms with Crippen molar-refractivity contribution in [1.82, 2.24) is 9.97 Å². The number of hydrogen-bond acceptors (Lipinski definition) is 2. The van der Waals surface area contributed by atoms with Gasteiger partial charge in [0.2, 0.25) is 0 Å². The van der Waals surface area contributed by atoms with E-state index in [-0.39, 0.29) is 0 Å². The largest absolute Gasteiger partial charge is 0.244 e. The molecule has 2 heteroatoms. The molecule has 0 bridgehead atoms. The van der Waals surface area contributed by atoms with Gasteiger partial charge in [0.1, 0.15) is 6.33 Å². The van der Waals surface area contributed by atoms with Gasteiger partial charge >= 0.3 is 0 Å². The molecule has 1 aromatic heterocycles. The maximum atomic E-state index is 4.19. The fourth-order valence-electron chi connectivity index (χ4n) is 1.43. The van der Waals surface area contributed by atoms with Gasteiger partial charge < -0.3 is 0 Å². The lowest BCUT2D eigenvalue weighted by atomic mass is 10.1. The van der Waals surface area contributed by atoms with Crippen LogP contribution in [0.5, 0.6) is 0 Å². The molecule has 0 aliphatic carbocycles. The molecular weight excluding hydrogens is 148 g/mol. The summed E-state index contributed by atoms with van der Waals surface area (Å²) in [5.41, 5.74) is 3.52. The Bertz CT molecular complexity index is 421. The first-order chi connectivity index (χ1) is 5.77. The molecule has 2 aromatic rings. The van der Waals surface area contributed by atoms with Gasteiger partial charge in [0, 0.05) is 11.6 Å². The van der Waals surface area contributed by atoms with Gasteiger partial charge in [-0.3, -0.25) is 0 Å². The van der Waals surface area contributed by atoms with Crippen LogP contribution in [-0.2, 0) is 0 Å². The second-order valence-electron chi connectivity index (χ2n) is 3.04. The second kappa shape index (κ2) is 2.55. The molecule has 12 heavy (non-hydrogen) atoms. The molecule has 0 aliphatic rings. The van der Waals surface area contributed by atoms with E-state index in [1.54, 1.807) is 6.33 Å². The smallest absolute Gasteiger partial charge is 0.116 e. The van der Waals surface area contributed by atoms with E-state index in [0.29, 0.717) is 0 Å². The van der Waals surface area contributed by atoms with Crippen molar-refractivity contribution in [3.8, 4) is 0 Å². The third kappa shape index (κ3) is 1.05. The third-order valence-corrected chi connectivity index (χ3v) is 1.98. The molecule has 60 valence electrons. The fraction of sp³-hybridized carbons (Fsp3) is 0.200. The molecule has 0 amide bonds. The molecule has 0 radical (unpaired) electrons. The first-order valence-electron chi connectivity index (χ1n) is 3.94. The number of benzene rings is 1. The predicted octanol–water partition coefficient (Wildman–Crippen LogP) is 2.25. The average molecular weight is 158 g/mol. The molecule has 0 aliphatic heterocycles. The van der Waals surface area contributed by atoms with Crippen molar-refractivity contribution in [3.63, 3.8) is 0 Å². The Morgan fingerprint density at radius 2 is 2.00 bits per heavy atom. The number of nitrogens with zero attached hydrogens (tertiary/aromatic N) is 2. The Morgan fingerprint density at radius 1 is 1.17 bits per heavy atom. The van der Waals surface area contributed by atoms with Crippen LogP contribution in [0.15, 0.2) is 24.7 Å². The molecule has 0 fully saturated rings. The van der Waals surface area contributed by atoms with E-state index in [9.17, 15) is 0 Å². The van der Waals surface area contributed by atoms with Crippen molar-refractivity contribution in [1.29, 1.82) is 0 Å². The summed E-state index contributed by atoms with van der Waals surface area (Å²) < 4.78 is 0. The van der Waals surface area contributed by atoms with Crippen LogP contribution in [0, 0.1) is 13.8 Å². The molecule has 0 unspecified atom stereocenters. The highest BCUT2D eigenvalue weighted by atomic mass is 14.8. The summed E-state index contributed by atoms with van der Waals surface area (Å²) in [6.07, 6.45) is 3.44. The average Bonchev–Trinajstić information content (AvgIpc) is 2.04. The molecule has 0 atom stereocenters. The number of aromatic nitrogens is 2. The van der Waals surface area contributed by atoms with Gasteiger partial charge in [-0.1, -0.05) is 6.07 Å². The minimum absolute atomic E-state index is 1.03. The van der Waals surface area contributed by atoms with E-state index in [1.807, 2.05) is 6.20 Å². The summed E-state index contributed by atoms with van der Waals surface area (Å²) >= 11 is 0. The van der Waals surface area contributed by atoms with E-state index < -0.39 is 0 Å². The van der Waals surface area contributed by atoms with Gasteiger partial charge in [0.15, 0.2) is 0 Å². The summed E-state index contributed by atoms with van der Waals surface area (Å²) in [5.74, 6) is 0. The zero-order chi connectivity index (χ0) is 8.55. The maximum Gasteiger partial charge on any atom is 0.116 e. The summed E-state index contributed by atoms with van der Waals surface area (Å²) in [6, 6.07) is 4.22. The standard InChI is InChI=1S/C10H10N2/c1-7-3-8(2)9-5-11-6-12-10(9)4-7/h3-6H,1-2H3. The monoisotopic (exact) mass is 158 g/mol. The van der Waals surface area contributed by atoms with E-state index in [1.165, 1.54) is 11.1 Å². The van der Waals surface area contributed by atoms with Crippen LogP contribution < -0.4 is 0 Å². The van der Waals surface area contributed by atoms with Gasteiger partial charge in [-0.2, -0.15) is 0 Å². The highest BCUT2D eigenvalue weighted by molar-refractivity contribution is 5.81. The number of aryl methyl sites for hydroxylation is 2. The van der Waals surface area contributed by atoms with Gasteiger partial charge in [-0.05, 0) is 31.0 Å². The summed E-state index contributed by atoms with van der Waals surface area (Å²) in [6.45, 7) is 4.16. The van der Waals surface area contributed by atoms with E-state index in [0.717, 1.165) is 10.9 Å². The van der Waals surface area contributed by atoms with Crippen LogP contribution in [0.3, 0.4) is 0 Å². The SMILES string of the molecule is Cc1cc(C)c2cncnc2c1. The van der Waals surface area contributed by atoms with Crippen LogP contribution in [0.4, 0.5) is 0 Å². The summed E-state index contributed by atoms with van der Waals surface area (Å²) in [4.78, 5) is 8.18. The van der Waals surface area contributed by atoms with E-state index in [4.69, 9.17) is 0 Å². The van der Waals surface area contributed by atoms with E-state index in [2.05, 4.69) is 35.9 Å². The predicted molar refractivity (Wildman–Crippen MR) is 49.0 cm³/mol. The third-order valence-electron chi connectivity index (χ3n) is 1.98. The van der Waals surface area contributed by atoms with Crippen LogP contribution in [0.1, 0.15) is 11.1 Å². The first-order valence-corrected chi connectivity index (χ1v) is 3.94. The van der Waals surface area contributed by atoms with Crippen molar-refractivity contribution in [2.45, 2.75) is 13.8 Å². The van der Waals surface area contributed by atoms with Crippen molar-refractivity contribution < 1.29 is 0 Å². The van der Waals surface area contributed by atoms with Gasteiger partial charge in [-0.25, -0.2) is 9.97 Å². The maximum absolute atomic E-state index is 4.19. The van der Waals surface area contributed by atoms with Crippen molar-refractivity contribution in [2.75, 3.05) is 0 Å². The lowest BCUT2D eigenvalue weighted by Gasteiger charge is -2.01. The zero-order valence-electron chi connectivity index (χ0n) is 7.20. The fourth-order valence-corrected chi connectivity index (χ4v) is 1.43. The molecule has 1 heterocycles. The lowest BCUT2D eigenvalue weighted by molar-refractivity contribution is 1.21. The van der Waals surface area contributed by atoms with Gasteiger partial charge in [0.25, 0.3) is 0 Å². The molecule has 0 saturated carbocycles. The minimum Gasteiger partial charge on any atom is -0.244 e. The molecule has 0 spiro atoms. The van der Waals surface area contributed by atoms with Gasteiger partial charge in [0.05, 0.1) is 5.52 Å².